The molecule has 0 radical (unpaired) electrons. The van der Waals surface area contributed by atoms with E-state index in [0.29, 0.717) is 11.5 Å². The van der Waals surface area contributed by atoms with Gasteiger partial charge in [-0.3, -0.25) is 0 Å². The van der Waals surface area contributed by atoms with Crippen LogP contribution < -0.4 is 0 Å². The van der Waals surface area contributed by atoms with E-state index in [1.165, 1.54) is 18.6 Å². The van der Waals surface area contributed by atoms with Crippen molar-refractivity contribution in [2.45, 2.75) is 0 Å². The van der Waals surface area contributed by atoms with Gasteiger partial charge in [-0.1, -0.05) is 5.16 Å². The molecule has 11 heavy (non-hydrogen) atoms. The SMILES string of the molecule is c1cnc(-c2cnon2)nn1. The minimum atomic E-state index is 0.411. The van der Waals surface area contributed by atoms with Crippen molar-refractivity contribution in [2.75, 3.05) is 0 Å². The van der Waals surface area contributed by atoms with E-state index in [-0.39, 0.29) is 0 Å². The molecule has 54 valence electrons. The molecule has 2 rings (SSSR count). The van der Waals surface area contributed by atoms with E-state index < -0.39 is 0 Å². The molecule has 0 spiro atoms. The lowest BCUT2D eigenvalue weighted by atomic mass is 10.4. The van der Waals surface area contributed by atoms with Gasteiger partial charge in [0.25, 0.3) is 0 Å². The standard InChI is InChI=1S/C5H3N5O/c1-2-7-9-5(6-1)4-3-8-11-10-4/h1-3H. The lowest BCUT2D eigenvalue weighted by Crippen LogP contribution is -1.89. The summed E-state index contributed by atoms with van der Waals surface area (Å²) >= 11 is 0. The molecule has 0 aliphatic carbocycles. The highest BCUT2D eigenvalue weighted by atomic mass is 16.6. The van der Waals surface area contributed by atoms with Crippen molar-refractivity contribution in [3.05, 3.63) is 18.6 Å². The molecule has 0 bridgehead atoms. The number of nitrogens with zero attached hydrogens (tertiary/aromatic N) is 5. The molecule has 0 amide bonds. The van der Waals surface area contributed by atoms with E-state index in [1.807, 2.05) is 0 Å². The Balaban J connectivity index is 2.46. The monoisotopic (exact) mass is 149 g/mol. The van der Waals surface area contributed by atoms with Crippen LogP contribution in [0.5, 0.6) is 0 Å². The first-order valence-corrected chi connectivity index (χ1v) is 2.88. The van der Waals surface area contributed by atoms with Crippen molar-refractivity contribution in [1.29, 1.82) is 0 Å². The smallest absolute Gasteiger partial charge is 0.205 e. The van der Waals surface area contributed by atoms with E-state index >= 15 is 0 Å². The van der Waals surface area contributed by atoms with Crippen LogP contribution >= 0.6 is 0 Å². The fourth-order valence-corrected chi connectivity index (χ4v) is 0.628. The number of hydrogen-bond donors (Lipinski definition) is 0. The molecule has 0 atom stereocenters. The predicted molar refractivity (Wildman–Crippen MR) is 33.1 cm³/mol. The molecular formula is C5H3N5O. The second-order valence-electron chi connectivity index (χ2n) is 1.76. The van der Waals surface area contributed by atoms with E-state index in [4.69, 9.17) is 0 Å². The molecule has 0 aliphatic heterocycles. The van der Waals surface area contributed by atoms with Crippen molar-refractivity contribution in [3.8, 4) is 11.5 Å². The van der Waals surface area contributed by atoms with Gasteiger partial charge in [-0.2, -0.15) is 5.10 Å². The molecule has 0 fully saturated rings. The average molecular weight is 149 g/mol. The Hall–Kier alpha value is -1.85. The van der Waals surface area contributed by atoms with Crippen molar-refractivity contribution in [2.24, 2.45) is 0 Å². The molecule has 0 saturated heterocycles. The minimum absolute atomic E-state index is 0.411. The first kappa shape index (κ1) is 5.90. The van der Waals surface area contributed by atoms with Crippen molar-refractivity contribution < 1.29 is 4.63 Å². The van der Waals surface area contributed by atoms with Crippen LogP contribution in [0, 0.1) is 0 Å². The van der Waals surface area contributed by atoms with E-state index in [2.05, 4.69) is 30.1 Å². The third-order valence-corrected chi connectivity index (χ3v) is 1.07. The molecule has 6 heteroatoms. The van der Waals surface area contributed by atoms with Gasteiger partial charge in [0.1, 0.15) is 6.20 Å². The number of aromatic nitrogens is 5. The van der Waals surface area contributed by atoms with E-state index in [1.54, 1.807) is 0 Å². The van der Waals surface area contributed by atoms with Gasteiger partial charge in [0.2, 0.25) is 5.82 Å². The molecule has 2 aromatic rings. The van der Waals surface area contributed by atoms with Crippen LogP contribution in [0.25, 0.3) is 11.5 Å². The Morgan fingerprint density at radius 2 is 2.27 bits per heavy atom. The second kappa shape index (κ2) is 2.41. The third kappa shape index (κ3) is 1.05. The lowest BCUT2D eigenvalue weighted by molar-refractivity contribution is 0.308. The van der Waals surface area contributed by atoms with Crippen LogP contribution in [0.4, 0.5) is 0 Å². The fraction of sp³-hybridized carbons (Fsp3) is 0. The molecule has 2 heterocycles. The van der Waals surface area contributed by atoms with Gasteiger partial charge in [-0.15, -0.1) is 5.10 Å². The maximum Gasteiger partial charge on any atom is 0.205 e. The van der Waals surface area contributed by atoms with Crippen LogP contribution in [0.2, 0.25) is 0 Å². The minimum Gasteiger partial charge on any atom is -0.244 e. The van der Waals surface area contributed by atoms with E-state index in [0.717, 1.165) is 0 Å². The summed E-state index contributed by atoms with van der Waals surface area (Å²) < 4.78 is 4.36. The van der Waals surface area contributed by atoms with Gasteiger partial charge in [0, 0.05) is 6.20 Å². The Morgan fingerprint density at radius 1 is 1.27 bits per heavy atom. The van der Waals surface area contributed by atoms with Gasteiger partial charge in [-0.05, 0) is 5.16 Å². The van der Waals surface area contributed by atoms with Gasteiger partial charge in [0.15, 0.2) is 5.69 Å². The highest BCUT2D eigenvalue weighted by Gasteiger charge is 2.03. The Labute approximate surface area is 61.3 Å². The third-order valence-electron chi connectivity index (χ3n) is 1.07. The van der Waals surface area contributed by atoms with Crippen LogP contribution in [0.1, 0.15) is 0 Å². The zero-order valence-corrected chi connectivity index (χ0v) is 5.38. The van der Waals surface area contributed by atoms with Crippen molar-refractivity contribution in [1.82, 2.24) is 25.5 Å². The van der Waals surface area contributed by atoms with Crippen LogP contribution in [-0.2, 0) is 0 Å². The summed E-state index contributed by atoms with van der Waals surface area (Å²) in [5, 5.41) is 14.3. The topological polar surface area (TPSA) is 77.6 Å². The summed E-state index contributed by atoms with van der Waals surface area (Å²) in [4.78, 5) is 3.89. The van der Waals surface area contributed by atoms with Gasteiger partial charge < -0.3 is 0 Å². The normalized spacial score (nSPS) is 9.82. The van der Waals surface area contributed by atoms with Crippen molar-refractivity contribution in [3.63, 3.8) is 0 Å². The van der Waals surface area contributed by atoms with Crippen LogP contribution in [0.15, 0.2) is 23.2 Å². The van der Waals surface area contributed by atoms with Gasteiger partial charge >= 0.3 is 0 Å². The first-order valence-electron chi connectivity index (χ1n) is 2.88. The maximum atomic E-state index is 4.36. The van der Waals surface area contributed by atoms with Gasteiger partial charge in [0.05, 0.1) is 6.20 Å². The average Bonchev–Trinajstić information content (AvgIpc) is 2.58. The largest absolute Gasteiger partial charge is 0.244 e. The Morgan fingerprint density at radius 3 is 2.91 bits per heavy atom. The maximum absolute atomic E-state index is 4.36. The Kier molecular flexibility index (Phi) is 1.29. The van der Waals surface area contributed by atoms with Crippen LogP contribution in [-0.4, -0.2) is 25.5 Å². The predicted octanol–water partition coefficient (Wildman–Crippen LogP) is -0.0784. The Bertz CT molecular complexity index is 318. The summed E-state index contributed by atoms with van der Waals surface area (Å²) in [6.45, 7) is 0. The molecule has 0 aliphatic rings. The summed E-state index contributed by atoms with van der Waals surface area (Å²) in [6.07, 6.45) is 4.44. The summed E-state index contributed by atoms with van der Waals surface area (Å²) in [5.74, 6) is 0.411. The highest BCUT2D eigenvalue weighted by molar-refractivity contribution is 5.43. The summed E-state index contributed by atoms with van der Waals surface area (Å²) in [5.41, 5.74) is 0.484. The molecule has 6 nitrogen and oxygen atoms in total. The summed E-state index contributed by atoms with van der Waals surface area (Å²) in [7, 11) is 0. The zero-order chi connectivity index (χ0) is 7.52. The number of hydrogen-bond acceptors (Lipinski definition) is 6. The van der Waals surface area contributed by atoms with E-state index in [9.17, 15) is 0 Å². The zero-order valence-electron chi connectivity index (χ0n) is 5.38. The molecule has 0 unspecified atom stereocenters. The molecule has 2 aromatic heterocycles. The quantitative estimate of drug-likeness (QED) is 0.564. The fourth-order valence-electron chi connectivity index (χ4n) is 0.628. The second-order valence-corrected chi connectivity index (χ2v) is 1.76. The molecular weight excluding hydrogens is 146 g/mol. The number of rotatable bonds is 1. The summed E-state index contributed by atoms with van der Waals surface area (Å²) in [6, 6.07) is 0. The molecule has 0 saturated carbocycles. The molecule has 0 aromatic carbocycles. The highest BCUT2D eigenvalue weighted by Crippen LogP contribution is 2.05. The first-order chi connectivity index (χ1) is 5.47. The van der Waals surface area contributed by atoms with Gasteiger partial charge in [-0.25, -0.2) is 9.61 Å². The molecule has 0 N–H and O–H groups in total. The van der Waals surface area contributed by atoms with Crippen molar-refractivity contribution >= 4 is 0 Å². The lowest BCUT2D eigenvalue weighted by Gasteiger charge is -1.86. The van der Waals surface area contributed by atoms with Crippen LogP contribution in [0.3, 0.4) is 0 Å².